The largest absolute Gasteiger partial charge is 0.347 e. The Morgan fingerprint density at radius 3 is 2.68 bits per heavy atom. The number of likely N-dealkylation sites (tertiary alicyclic amines) is 1. The molecule has 5 heterocycles. The third-order valence-electron chi connectivity index (χ3n) is 9.55. The number of benzene rings is 2. The number of amides is 2. The van der Waals surface area contributed by atoms with Crippen LogP contribution in [0.5, 0.6) is 0 Å². The zero-order valence-corrected chi connectivity index (χ0v) is 23.8. The molecule has 41 heavy (non-hydrogen) atoms. The summed E-state index contributed by atoms with van der Waals surface area (Å²) in [5.74, 6) is 2.12. The van der Waals surface area contributed by atoms with E-state index in [9.17, 15) is 9.59 Å². The lowest BCUT2D eigenvalue weighted by molar-refractivity contribution is -0.141. The monoisotopic (exact) mass is 550 g/mol. The molecule has 3 aliphatic rings. The Kier molecular flexibility index (Phi) is 6.64. The fourth-order valence-electron chi connectivity index (χ4n) is 7.22. The van der Waals surface area contributed by atoms with Crippen LogP contribution in [0.1, 0.15) is 98.8 Å². The normalized spacial score (nSPS) is 25.2. The van der Waals surface area contributed by atoms with Gasteiger partial charge in [0, 0.05) is 31.1 Å². The van der Waals surface area contributed by atoms with Gasteiger partial charge in [0.2, 0.25) is 11.8 Å². The number of aromatic amines is 2. The molecular weight excluding hydrogens is 512 g/mol. The van der Waals surface area contributed by atoms with Gasteiger partial charge in [-0.25, -0.2) is 9.97 Å². The van der Waals surface area contributed by atoms with Crippen molar-refractivity contribution in [1.29, 1.82) is 0 Å². The summed E-state index contributed by atoms with van der Waals surface area (Å²) in [7, 11) is 0. The zero-order valence-electron chi connectivity index (χ0n) is 23.8. The summed E-state index contributed by atoms with van der Waals surface area (Å²) in [5.41, 5.74) is 5.05. The van der Waals surface area contributed by atoms with Gasteiger partial charge in [-0.15, -0.1) is 0 Å². The van der Waals surface area contributed by atoms with E-state index in [-0.39, 0.29) is 35.7 Å². The number of H-pyrrole nitrogens is 2. The van der Waals surface area contributed by atoms with Crippen molar-refractivity contribution in [2.75, 3.05) is 6.54 Å². The molecule has 2 aromatic carbocycles. The first kappa shape index (κ1) is 26.0. The summed E-state index contributed by atoms with van der Waals surface area (Å²) in [6, 6.07) is 16.7. The van der Waals surface area contributed by atoms with Crippen molar-refractivity contribution < 1.29 is 9.59 Å². The number of hydrogen-bond donors (Lipinski definition) is 2. The van der Waals surface area contributed by atoms with Gasteiger partial charge in [0.1, 0.15) is 11.6 Å². The Bertz CT molecular complexity index is 1570. The smallest absolute Gasteiger partial charge is 0.230 e. The summed E-state index contributed by atoms with van der Waals surface area (Å²) >= 11 is 0. The lowest BCUT2D eigenvalue weighted by Crippen LogP contribution is -2.44. The number of piperidine rings is 1. The highest BCUT2D eigenvalue weighted by molar-refractivity contribution is 5.84. The Balaban J connectivity index is 1.07. The van der Waals surface area contributed by atoms with E-state index in [4.69, 9.17) is 9.97 Å². The van der Waals surface area contributed by atoms with Gasteiger partial charge < -0.3 is 19.8 Å². The quantitative estimate of drug-likeness (QED) is 0.317. The van der Waals surface area contributed by atoms with Crippen molar-refractivity contribution in [3.8, 4) is 0 Å². The van der Waals surface area contributed by atoms with E-state index < -0.39 is 0 Å². The second kappa shape index (κ2) is 10.5. The van der Waals surface area contributed by atoms with Crippen LogP contribution in [-0.2, 0) is 16.0 Å². The van der Waals surface area contributed by atoms with Gasteiger partial charge in [-0.3, -0.25) is 9.59 Å². The first-order valence-corrected chi connectivity index (χ1v) is 15.2. The molecule has 0 bridgehead atoms. The van der Waals surface area contributed by atoms with Crippen molar-refractivity contribution in [2.45, 2.75) is 82.8 Å². The molecule has 3 saturated heterocycles. The number of nitrogens with zero attached hydrogens (tertiary/aromatic N) is 4. The van der Waals surface area contributed by atoms with E-state index >= 15 is 0 Å². The molecule has 4 aromatic rings. The molecule has 0 aliphatic carbocycles. The van der Waals surface area contributed by atoms with Crippen molar-refractivity contribution in [1.82, 2.24) is 29.7 Å². The fourth-order valence-corrected chi connectivity index (χ4v) is 7.22. The average molecular weight is 551 g/mol. The molecule has 5 atom stereocenters. The molecular formula is C33H38N6O2. The van der Waals surface area contributed by atoms with Gasteiger partial charge in [0.15, 0.2) is 0 Å². The van der Waals surface area contributed by atoms with Crippen LogP contribution in [0.2, 0.25) is 0 Å². The first-order valence-electron chi connectivity index (χ1n) is 15.2. The highest BCUT2D eigenvalue weighted by Crippen LogP contribution is 2.41. The zero-order chi connectivity index (χ0) is 28.1. The molecule has 0 spiro atoms. The summed E-state index contributed by atoms with van der Waals surface area (Å²) in [6.45, 7) is 4.80. The van der Waals surface area contributed by atoms with Crippen LogP contribution in [0.25, 0.3) is 11.0 Å². The van der Waals surface area contributed by atoms with Crippen molar-refractivity contribution in [3.05, 3.63) is 83.2 Å². The minimum atomic E-state index is -0.182. The molecule has 212 valence electrons. The number of hydrogen-bond acceptors (Lipinski definition) is 4. The molecule has 0 radical (unpaired) electrons. The van der Waals surface area contributed by atoms with E-state index in [0.29, 0.717) is 12.5 Å². The van der Waals surface area contributed by atoms with Crippen molar-refractivity contribution >= 4 is 22.8 Å². The van der Waals surface area contributed by atoms with E-state index in [1.807, 2.05) is 55.3 Å². The maximum Gasteiger partial charge on any atom is 0.230 e. The predicted octanol–water partition coefficient (Wildman–Crippen LogP) is 5.81. The van der Waals surface area contributed by atoms with Crippen molar-refractivity contribution in [2.24, 2.45) is 5.92 Å². The van der Waals surface area contributed by atoms with Gasteiger partial charge in [-0.05, 0) is 68.7 Å². The molecule has 8 heteroatoms. The number of carbonyl (C=O) groups excluding carboxylic acids is 2. The number of aromatic nitrogens is 4. The molecule has 0 unspecified atom stereocenters. The predicted molar refractivity (Wildman–Crippen MR) is 157 cm³/mol. The Morgan fingerprint density at radius 1 is 1.00 bits per heavy atom. The Morgan fingerprint density at radius 2 is 1.83 bits per heavy atom. The minimum absolute atomic E-state index is 0.0335. The van der Waals surface area contributed by atoms with Gasteiger partial charge in [-0.2, -0.15) is 0 Å². The molecule has 0 saturated carbocycles. The fraction of sp³-hybridized carbons (Fsp3) is 0.455. The molecule has 2 aromatic heterocycles. The summed E-state index contributed by atoms with van der Waals surface area (Å²) in [5, 5.41) is 0. The second-order valence-electron chi connectivity index (χ2n) is 12.2. The van der Waals surface area contributed by atoms with Crippen molar-refractivity contribution in [3.63, 3.8) is 0 Å². The third-order valence-corrected chi connectivity index (χ3v) is 9.55. The highest BCUT2D eigenvalue weighted by atomic mass is 16.2. The Labute approximate surface area is 240 Å². The van der Waals surface area contributed by atoms with E-state index in [0.717, 1.165) is 84.6 Å². The minimum Gasteiger partial charge on any atom is -0.347 e. The van der Waals surface area contributed by atoms with E-state index in [1.54, 1.807) is 0 Å². The lowest BCUT2D eigenvalue weighted by atomic mass is 9.94. The standard InChI is InChI=1S/C33H38N6O2/c1-20-10-12-25-13-15-29(39(25)32(20)40)30-34-19-24(35-30)17-22-11-14-26-27(18-22)37-31(36-26)28-9-6-16-38(28)33(41)21(2)23-7-4-3-5-8-23/h3-5,7-8,11,14,18-21,25,28-29H,6,9-10,12-13,15-17H2,1-2H3,(H,34,35)(H,36,37)/t20-,21+,25-,28-,29-/m0/s1. The lowest BCUT2D eigenvalue weighted by Gasteiger charge is -2.36. The highest BCUT2D eigenvalue weighted by Gasteiger charge is 2.43. The van der Waals surface area contributed by atoms with Crippen LogP contribution in [0.3, 0.4) is 0 Å². The van der Waals surface area contributed by atoms with Crippen LogP contribution in [0.4, 0.5) is 0 Å². The molecule has 3 aliphatic heterocycles. The number of imidazole rings is 2. The van der Waals surface area contributed by atoms with Crippen LogP contribution in [0, 0.1) is 5.92 Å². The number of fused-ring (bicyclic) bond motifs is 2. The van der Waals surface area contributed by atoms with E-state index in [2.05, 4.69) is 33.1 Å². The third kappa shape index (κ3) is 4.73. The van der Waals surface area contributed by atoms with Crippen LogP contribution < -0.4 is 0 Å². The molecule has 3 fully saturated rings. The number of nitrogens with one attached hydrogen (secondary N) is 2. The molecule has 2 N–H and O–H groups in total. The number of rotatable bonds is 6. The topological polar surface area (TPSA) is 98.0 Å². The second-order valence-corrected chi connectivity index (χ2v) is 12.2. The molecule has 2 amide bonds. The van der Waals surface area contributed by atoms with Gasteiger partial charge in [0.05, 0.1) is 34.7 Å². The first-order chi connectivity index (χ1) is 20.0. The molecule has 7 rings (SSSR count). The van der Waals surface area contributed by atoms with Crippen LogP contribution in [-0.4, -0.2) is 54.1 Å². The maximum atomic E-state index is 13.5. The van der Waals surface area contributed by atoms with Gasteiger partial charge >= 0.3 is 0 Å². The maximum absolute atomic E-state index is 13.5. The summed E-state index contributed by atoms with van der Waals surface area (Å²) < 4.78 is 0. The SMILES string of the molecule is C[C@H]1CC[C@H]2CC[C@@H](c3nc(Cc4ccc5[nH]c([C@@H]6CCCN6C(=O)[C@H](C)c6ccccc6)nc5c4)c[nH]3)N2C1=O. The van der Waals surface area contributed by atoms with Gasteiger partial charge in [-0.1, -0.05) is 43.3 Å². The number of carbonyl (C=O) groups is 2. The Hall–Kier alpha value is -3.94. The van der Waals surface area contributed by atoms with Crippen LogP contribution in [0.15, 0.2) is 54.7 Å². The summed E-state index contributed by atoms with van der Waals surface area (Å²) in [6.07, 6.45) is 8.70. The average Bonchev–Trinajstić information content (AvgIpc) is 3.80. The van der Waals surface area contributed by atoms with Gasteiger partial charge in [0.25, 0.3) is 0 Å². The van der Waals surface area contributed by atoms with E-state index in [1.165, 1.54) is 0 Å². The summed E-state index contributed by atoms with van der Waals surface area (Å²) in [4.78, 5) is 47.3. The van der Waals surface area contributed by atoms with Crippen LogP contribution >= 0.6 is 0 Å². The molecule has 8 nitrogen and oxygen atoms in total.